The van der Waals surface area contributed by atoms with Crippen LogP contribution in [0.1, 0.15) is 53.8 Å². The number of likely N-dealkylation sites (tertiary alicyclic amines) is 1. The molecule has 0 atom stereocenters. The van der Waals surface area contributed by atoms with Gasteiger partial charge in [0.2, 0.25) is 5.78 Å². The van der Waals surface area contributed by atoms with Crippen molar-refractivity contribution < 1.29 is 19.4 Å². The molecular weight excluding hydrogens is 464 g/mol. The Morgan fingerprint density at radius 1 is 1.22 bits per heavy atom. The number of nitrogens with zero attached hydrogens (tertiary/aromatic N) is 6. The van der Waals surface area contributed by atoms with E-state index in [0.29, 0.717) is 82.3 Å². The first-order valence-corrected chi connectivity index (χ1v) is 12.4. The average Bonchev–Trinajstić information content (AvgIpc) is 3.36. The van der Waals surface area contributed by atoms with E-state index in [9.17, 15) is 14.7 Å². The van der Waals surface area contributed by atoms with Gasteiger partial charge in [0.15, 0.2) is 11.5 Å². The molecule has 0 aromatic carbocycles. The Balaban J connectivity index is 1.38. The molecule has 36 heavy (non-hydrogen) atoms. The van der Waals surface area contributed by atoms with Gasteiger partial charge in [0.1, 0.15) is 11.4 Å². The fourth-order valence-electron chi connectivity index (χ4n) is 5.61. The number of piperidine rings is 1. The lowest BCUT2D eigenvalue weighted by Crippen LogP contribution is -2.52. The molecule has 11 heteroatoms. The van der Waals surface area contributed by atoms with Crippen molar-refractivity contribution in [3.8, 4) is 5.75 Å². The number of aromatic nitrogens is 5. The molecule has 1 amide bonds. The summed E-state index contributed by atoms with van der Waals surface area (Å²) in [5.41, 5.74) is 1.56. The van der Waals surface area contributed by atoms with Crippen LogP contribution in [0.15, 0.2) is 29.2 Å². The molecule has 0 unspecified atom stereocenters. The number of carbonyl (C=O) groups excluding carboxylic acids is 1. The van der Waals surface area contributed by atoms with Crippen molar-refractivity contribution in [2.45, 2.75) is 44.8 Å². The van der Waals surface area contributed by atoms with Crippen molar-refractivity contribution >= 4 is 17.3 Å². The molecular formula is C25H28N6O5. The Labute approximate surface area is 207 Å². The molecule has 188 valence electrons. The predicted molar refractivity (Wildman–Crippen MR) is 129 cm³/mol. The van der Waals surface area contributed by atoms with Gasteiger partial charge in [-0.05, 0) is 43.9 Å². The third-order valence-corrected chi connectivity index (χ3v) is 7.44. The maximum atomic E-state index is 13.9. The van der Waals surface area contributed by atoms with Crippen LogP contribution < -0.4 is 5.56 Å². The molecule has 3 aliphatic heterocycles. The van der Waals surface area contributed by atoms with Crippen molar-refractivity contribution in [2.24, 2.45) is 0 Å². The highest BCUT2D eigenvalue weighted by atomic mass is 16.5. The molecule has 1 fully saturated rings. The van der Waals surface area contributed by atoms with Crippen LogP contribution in [0.25, 0.3) is 11.4 Å². The first-order valence-electron chi connectivity index (χ1n) is 12.4. The predicted octanol–water partition coefficient (Wildman–Crippen LogP) is 1.52. The zero-order chi connectivity index (χ0) is 24.9. The summed E-state index contributed by atoms with van der Waals surface area (Å²) in [5.74, 6) is 0.632. The molecule has 6 rings (SSSR count). The summed E-state index contributed by atoms with van der Waals surface area (Å²) in [5, 5.41) is 14.7. The average molecular weight is 493 g/mol. The van der Waals surface area contributed by atoms with Crippen molar-refractivity contribution in [3.63, 3.8) is 0 Å². The number of amides is 1. The summed E-state index contributed by atoms with van der Waals surface area (Å²) >= 11 is 0. The minimum atomic E-state index is -0.803. The molecule has 0 saturated carbocycles. The van der Waals surface area contributed by atoms with E-state index >= 15 is 0 Å². The zero-order valence-corrected chi connectivity index (χ0v) is 20.1. The minimum absolute atomic E-state index is 0.0334. The van der Waals surface area contributed by atoms with Crippen LogP contribution in [0, 0.1) is 0 Å². The third-order valence-electron chi connectivity index (χ3n) is 7.44. The molecule has 6 heterocycles. The van der Waals surface area contributed by atoms with Crippen molar-refractivity contribution in [2.75, 3.05) is 32.9 Å². The quantitative estimate of drug-likeness (QED) is 0.584. The molecule has 0 radical (unpaired) electrons. The Hall–Kier alpha value is -3.57. The van der Waals surface area contributed by atoms with E-state index in [1.807, 2.05) is 13.0 Å². The maximum absolute atomic E-state index is 13.9. The Kier molecular flexibility index (Phi) is 5.60. The van der Waals surface area contributed by atoms with Gasteiger partial charge in [0.25, 0.3) is 11.5 Å². The molecule has 3 aromatic heterocycles. The topological polar surface area (TPSA) is 124 Å². The van der Waals surface area contributed by atoms with E-state index in [1.165, 1.54) is 16.8 Å². The second kappa shape index (κ2) is 8.82. The summed E-state index contributed by atoms with van der Waals surface area (Å²) in [6, 6.07) is 3.03. The van der Waals surface area contributed by atoms with Gasteiger partial charge in [0, 0.05) is 37.9 Å². The Morgan fingerprint density at radius 3 is 2.78 bits per heavy atom. The monoisotopic (exact) mass is 492 g/mol. The lowest BCUT2D eigenvalue weighted by atomic mass is 9.81. The number of fused-ring (bicyclic) bond motifs is 3. The van der Waals surface area contributed by atoms with E-state index in [1.54, 1.807) is 11.0 Å². The largest absolute Gasteiger partial charge is 0.505 e. The molecule has 1 saturated heterocycles. The fraction of sp³-hybridized carbons (Fsp3) is 0.480. The molecule has 3 aromatic rings. The van der Waals surface area contributed by atoms with Crippen molar-refractivity contribution in [3.05, 3.63) is 57.5 Å². The molecule has 11 nitrogen and oxygen atoms in total. The van der Waals surface area contributed by atoms with Gasteiger partial charge in [-0.25, -0.2) is 4.98 Å². The van der Waals surface area contributed by atoms with E-state index in [2.05, 4.69) is 14.6 Å². The molecule has 0 bridgehead atoms. The first-order chi connectivity index (χ1) is 17.5. The number of pyridine rings is 1. The van der Waals surface area contributed by atoms with Crippen LogP contribution in [0.5, 0.6) is 5.75 Å². The van der Waals surface area contributed by atoms with E-state index in [-0.39, 0.29) is 22.9 Å². The molecule has 1 spiro atoms. The summed E-state index contributed by atoms with van der Waals surface area (Å²) in [4.78, 5) is 37.3. The van der Waals surface area contributed by atoms with Gasteiger partial charge in [-0.2, -0.15) is 9.50 Å². The number of ether oxygens (including phenoxy) is 2. The van der Waals surface area contributed by atoms with E-state index in [4.69, 9.17) is 14.5 Å². The van der Waals surface area contributed by atoms with E-state index < -0.39 is 5.60 Å². The lowest BCUT2D eigenvalue weighted by molar-refractivity contribution is -0.0961. The van der Waals surface area contributed by atoms with Crippen LogP contribution in [-0.4, -0.2) is 73.0 Å². The second-order valence-electron chi connectivity index (χ2n) is 9.33. The SMILES string of the molecule is CCn1c2c(c(=O)n3nc(C4=CCOCC4)nc13)C1(CCN(C(=O)c3ncccc3O)CC1)OCC2. The fourth-order valence-corrected chi connectivity index (χ4v) is 5.61. The highest BCUT2D eigenvalue weighted by Gasteiger charge is 2.45. The number of hydrogen-bond donors (Lipinski definition) is 1. The number of aromatic hydroxyl groups is 1. The molecule has 0 aliphatic carbocycles. The van der Waals surface area contributed by atoms with Gasteiger partial charge in [-0.3, -0.25) is 9.59 Å². The first kappa shape index (κ1) is 22.9. The third kappa shape index (κ3) is 3.53. The lowest BCUT2D eigenvalue weighted by Gasteiger charge is -2.44. The highest BCUT2D eigenvalue weighted by Crippen LogP contribution is 2.40. The Bertz CT molecular complexity index is 1430. The van der Waals surface area contributed by atoms with Crippen LogP contribution >= 0.6 is 0 Å². The van der Waals surface area contributed by atoms with Crippen molar-refractivity contribution in [1.29, 1.82) is 0 Å². The number of rotatable bonds is 3. The maximum Gasteiger partial charge on any atom is 0.282 e. The second-order valence-corrected chi connectivity index (χ2v) is 9.33. The number of carbonyl (C=O) groups is 1. The van der Waals surface area contributed by atoms with Crippen LogP contribution in [0.4, 0.5) is 0 Å². The van der Waals surface area contributed by atoms with Gasteiger partial charge >= 0.3 is 0 Å². The standard InChI is InChI=1S/C25H28N6O5/c1-2-30-17-7-15-36-25(8-11-29(12-9-25)23(34)20-18(32)4-3-10-26-20)19(17)22(33)31-24(30)27-21(28-31)16-5-13-35-14-6-16/h3-5,10,32H,2,6-9,11-15H2,1H3. The van der Waals surface area contributed by atoms with Crippen LogP contribution in [-0.2, 0) is 28.0 Å². The van der Waals surface area contributed by atoms with E-state index in [0.717, 1.165) is 11.3 Å². The smallest absolute Gasteiger partial charge is 0.282 e. The summed E-state index contributed by atoms with van der Waals surface area (Å²) in [6.45, 7) is 5.06. The van der Waals surface area contributed by atoms with Gasteiger partial charge in [-0.1, -0.05) is 6.08 Å². The number of hydrogen-bond acceptors (Lipinski definition) is 8. The van der Waals surface area contributed by atoms with Crippen LogP contribution in [0.2, 0.25) is 0 Å². The Morgan fingerprint density at radius 2 is 2.06 bits per heavy atom. The summed E-state index contributed by atoms with van der Waals surface area (Å²) in [7, 11) is 0. The van der Waals surface area contributed by atoms with Crippen LogP contribution in [0.3, 0.4) is 0 Å². The summed E-state index contributed by atoms with van der Waals surface area (Å²) < 4.78 is 15.2. The minimum Gasteiger partial charge on any atom is -0.505 e. The number of aryl methyl sites for hydroxylation is 1. The van der Waals surface area contributed by atoms with Gasteiger partial charge in [-0.15, -0.1) is 5.10 Å². The van der Waals surface area contributed by atoms with Gasteiger partial charge in [0.05, 0.1) is 25.4 Å². The summed E-state index contributed by atoms with van der Waals surface area (Å²) in [6.07, 6.45) is 5.71. The van der Waals surface area contributed by atoms with Gasteiger partial charge < -0.3 is 24.0 Å². The zero-order valence-electron chi connectivity index (χ0n) is 20.1. The molecule has 1 N–H and O–H groups in total. The molecule has 3 aliphatic rings. The highest BCUT2D eigenvalue weighted by molar-refractivity contribution is 5.94. The normalized spacial score (nSPS) is 19.4. The van der Waals surface area contributed by atoms with Crippen molar-refractivity contribution in [1.82, 2.24) is 29.0 Å².